The molecular formula is C10H15N5. The molecule has 5 nitrogen and oxygen atoms in total. The topological polar surface area (TPSA) is 80.5 Å². The molecule has 2 rings (SSSR count). The van der Waals surface area contributed by atoms with E-state index in [1.165, 1.54) is 0 Å². The van der Waals surface area contributed by atoms with Crippen molar-refractivity contribution < 1.29 is 0 Å². The van der Waals surface area contributed by atoms with Crippen LogP contribution in [-0.2, 0) is 0 Å². The number of anilines is 1. The molecule has 0 spiro atoms. The second-order valence-electron chi connectivity index (χ2n) is 4.10. The number of nitrogens with one attached hydrogen (secondary N) is 1. The Kier molecular flexibility index (Phi) is 2.30. The molecule has 2 heterocycles. The van der Waals surface area contributed by atoms with Gasteiger partial charge in [0.25, 0.3) is 0 Å². The second-order valence-corrected chi connectivity index (χ2v) is 4.10. The lowest BCUT2D eigenvalue weighted by atomic mass is 9.97. The Morgan fingerprint density at radius 3 is 2.67 bits per heavy atom. The van der Waals surface area contributed by atoms with Gasteiger partial charge in [0, 0.05) is 5.92 Å². The van der Waals surface area contributed by atoms with Crippen molar-refractivity contribution in [1.82, 2.24) is 19.9 Å². The maximum absolute atomic E-state index is 5.82. The van der Waals surface area contributed by atoms with Crippen LogP contribution in [0.2, 0.25) is 0 Å². The number of rotatable bonds is 2. The first kappa shape index (κ1) is 9.89. The van der Waals surface area contributed by atoms with Crippen LogP contribution < -0.4 is 5.73 Å². The molecule has 0 aromatic carbocycles. The summed E-state index contributed by atoms with van der Waals surface area (Å²) in [5, 5.41) is 0. The molecule has 0 aliphatic rings. The molecular weight excluding hydrogens is 190 g/mol. The fraction of sp³-hybridized carbons (Fsp3) is 0.500. The van der Waals surface area contributed by atoms with Crippen molar-refractivity contribution in [3.63, 3.8) is 0 Å². The average Bonchev–Trinajstić information content (AvgIpc) is 2.64. The number of aromatic amines is 1. The third-order valence-corrected chi connectivity index (χ3v) is 2.74. The van der Waals surface area contributed by atoms with Crippen LogP contribution in [0, 0.1) is 5.92 Å². The number of imidazole rings is 1. The lowest BCUT2D eigenvalue weighted by Crippen LogP contribution is -2.09. The van der Waals surface area contributed by atoms with Gasteiger partial charge in [-0.3, -0.25) is 0 Å². The van der Waals surface area contributed by atoms with Crippen molar-refractivity contribution in [3.05, 3.63) is 12.2 Å². The minimum atomic E-state index is 0.286. The maximum atomic E-state index is 5.82. The predicted molar refractivity (Wildman–Crippen MR) is 59.3 cm³/mol. The minimum absolute atomic E-state index is 0.286. The van der Waals surface area contributed by atoms with E-state index in [0.717, 1.165) is 11.3 Å². The van der Waals surface area contributed by atoms with Gasteiger partial charge >= 0.3 is 0 Å². The number of hydrogen-bond donors (Lipinski definition) is 2. The highest BCUT2D eigenvalue weighted by molar-refractivity contribution is 5.80. The number of hydrogen-bond acceptors (Lipinski definition) is 4. The first-order valence-electron chi connectivity index (χ1n) is 5.06. The van der Waals surface area contributed by atoms with Crippen molar-refractivity contribution in [1.29, 1.82) is 0 Å². The van der Waals surface area contributed by atoms with Gasteiger partial charge in [0.05, 0.1) is 6.33 Å². The maximum Gasteiger partial charge on any atom is 0.183 e. The first-order chi connectivity index (χ1) is 7.09. The van der Waals surface area contributed by atoms with Crippen LogP contribution in [0.3, 0.4) is 0 Å². The van der Waals surface area contributed by atoms with Crippen LogP contribution in [0.1, 0.15) is 32.5 Å². The average molecular weight is 205 g/mol. The van der Waals surface area contributed by atoms with Gasteiger partial charge in [0.1, 0.15) is 11.3 Å². The molecule has 3 N–H and O–H groups in total. The standard InChI is InChI=1S/C10H15N5/c1-5(2)6(3)9-14-8(11)7-10(15-9)13-4-12-7/h4-6H,1-3H3,(H3,11,12,13,14,15). The summed E-state index contributed by atoms with van der Waals surface area (Å²) >= 11 is 0. The zero-order valence-electron chi connectivity index (χ0n) is 9.15. The third-order valence-electron chi connectivity index (χ3n) is 2.74. The summed E-state index contributed by atoms with van der Waals surface area (Å²) in [7, 11) is 0. The first-order valence-corrected chi connectivity index (χ1v) is 5.06. The molecule has 0 fully saturated rings. The molecule has 5 heteroatoms. The SMILES string of the molecule is CC(C)C(C)c1nc(N)c2[nH]cnc2n1. The van der Waals surface area contributed by atoms with Gasteiger partial charge in [-0.15, -0.1) is 0 Å². The van der Waals surface area contributed by atoms with Crippen molar-refractivity contribution in [2.24, 2.45) is 5.92 Å². The Morgan fingerprint density at radius 2 is 2.00 bits per heavy atom. The van der Waals surface area contributed by atoms with Gasteiger partial charge in [-0.25, -0.2) is 15.0 Å². The third kappa shape index (κ3) is 1.65. The van der Waals surface area contributed by atoms with E-state index in [4.69, 9.17) is 5.73 Å². The Balaban J connectivity index is 2.53. The van der Waals surface area contributed by atoms with Crippen LogP contribution >= 0.6 is 0 Å². The predicted octanol–water partition coefficient (Wildman–Crippen LogP) is 1.69. The Hall–Kier alpha value is -1.65. The number of nitrogens with two attached hydrogens (primary N) is 1. The lowest BCUT2D eigenvalue weighted by Gasteiger charge is -2.13. The van der Waals surface area contributed by atoms with Gasteiger partial charge in [-0.1, -0.05) is 20.8 Å². The van der Waals surface area contributed by atoms with E-state index >= 15 is 0 Å². The number of nitrogens with zero attached hydrogens (tertiary/aromatic N) is 3. The van der Waals surface area contributed by atoms with Gasteiger partial charge in [-0.2, -0.15) is 0 Å². The highest BCUT2D eigenvalue weighted by Gasteiger charge is 2.15. The molecule has 1 atom stereocenters. The highest BCUT2D eigenvalue weighted by Crippen LogP contribution is 2.23. The van der Waals surface area contributed by atoms with E-state index in [9.17, 15) is 0 Å². The summed E-state index contributed by atoms with van der Waals surface area (Å²) in [5.74, 6) is 2.01. The van der Waals surface area contributed by atoms with Crippen molar-refractivity contribution in [2.75, 3.05) is 5.73 Å². The van der Waals surface area contributed by atoms with Crippen LogP contribution in [0.25, 0.3) is 11.2 Å². The lowest BCUT2D eigenvalue weighted by molar-refractivity contribution is 0.512. The van der Waals surface area contributed by atoms with Crippen molar-refractivity contribution >= 4 is 17.0 Å². The van der Waals surface area contributed by atoms with Gasteiger partial charge in [-0.05, 0) is 5.92 Å². The fourth-order valence-corrected chi connectivity index (χ4v) is 1.37. The molecule has 80 valence electrons. The summed E-state index contributed by atoms with van der Waals surface area (Å²) in [6, 6.07) is 0. The zero-order chi connectivity index (χ0) is 11.0. The zero-order valence-corrected chi connectivity index (χ0v) is 9.15. The van der Waals surface area contributed by atoms with E-state index in [1.54, 1.807) is 6.33 Å². The molecule has 1 unspecified atom stereocenters. The summed E-state index contributed by atoms with van der Waals surface area (Å²) in [6.45, 7) is 6.37. The summed E-state index contributed by atoms with van der Waals surface area (Å²) in [5.41, 5.74) is 7.18. The largest absolute Gasteiger partial charge is 0.382 e. The molecule has 0 aliphatic heterocycles. The van der Waals surface area contributed by atoms with Gasteiger partial charge in [0.15, 0.2) is 11.5 Å². The van der Waals surface area contributed by atoms with Crippen molar-refractivity contribution in [2.45, 2.75) is 26.7 Å². The van der Waals surface area contributed by atoms with Crippen LogP contribution in [0.5, 0.6) is 0 Å². The Labute approximate surface area is 88.1 Å². The van der Waals surface area contributed by atoms with E-state index in [1.807, 2.05) is 0 Å². The van der Waals surface area contributed by atoms with Crippen LogP contribution in [-0.4, -0.2) is 19.9 Å². The number of fused-ring (bicyclic) bond motifs is 1. The minimum Gasteiger partial charge on any atom is -0.382 e. The van der Waals surface area contributed by atoms with E-state index in [2.05, 4.69) is 40.7 Å². The van der Waals surface area contributed by atoms with E-state index < -0.39 is 0 Å². The molecule has 0 saturated carbocycles. The highest BCUT2D eigenvalue weighted by atomic mass is 15.0. The van der Waals surface area contributed by atoms with E-state index in [-0.39, 0.29) is 5.92 Å². The second kappa shape index (κ2) is 3.49. The molecule has 15 heavy (non-hydrogen) atoms. The summed E-state index contributed by atoms with van der Waals surface area (Å²) in [6.07, 6.45) is 1.58. The monoisotopic (exact) mass is 205 g/mol. The van der Waals surface area contributed by atoms with Crippen LogP contribution in [0.4, 0.5) is 5.82 Å². The Morgan fingerprint density at radius 1 is 1.27 bits per heavy atom. The fourth-order valence-electron chi connectivity index (χ4n) is 1.37. The molecule has 2 aromatic rings. The van der Waals surface area contributed by atoms with Gasteiger partial charge in [0.2, 0.25) is 0 Å². The Bertz CT molecular complexity index is 474. The molecule has 0 aliphatic carbocycles. The molecule has 0 saturated heterocycles. The molecule has 0 radical (unpaired) electrons. The van der Waals surface area contributed by atoms with Gasteiger partial charge < -0.3 is 10.7 Å². The number of nitrogen functional groups attached to an aromatic ring is 1. The molecule has 0 bridgehead atoms. The number of H-pyrrole nitrogens is 1. The smallest absolute Gasteiger partial charge is 0.183 e. The van der Waals surface area contributed by atoms with Crippen molar-refractivity contribution in [3.8, 4) is 0 Å². The normalized spacial score (nSPS) is 13.6. The number of aromatic nitrogens is 4. The van der Waals surface area contributed by atoms with Crippen LogP contribution in [0.15, 0.2) is 6.33 Å². The molecule has 0 amide bonds. The summed E-state index contributed by atoms with van der Waals surface area (Å²) < 4.78 is 0. The quantitative estimate of drug-likeness (QED) is 0.781. The molecule has 2 aromatic heterocycles. The van der Waals surface area contributed by atoms with E-state index in [0.29, 0.717) is 17.4 Å². The summed E-state index contributed by atoms with van der Waals surface area (Å²) in [4.78, 5) is 15.7.